The van der Waals surface area contributed by atoms with Gasteiger partial charge < -0.3 is 4.52 Å². The zero-order chi connectivity index (χ0) is 9.26. The molecule has 1 heterocycles. The van der Waals surface area contributed by atoms with Gasteiger partial charge in [-0.1, -0.05) is 28.0 Å². The molecule has 1 saturated carbocycles. The summed E-state index contributed by atoms with van der Waals surface area (Å²) < 4.78 is 5.31. The Balaban J connectivity index is 2.08. The van der Waals surface area contributed by atoms with Crippen LogP contribution in [-0.2, 0) is 5.33 Å². The van der Waals surface area contributed by atoms with Crippen LogP contribution in [0.5, 0.6) is 0 Å². The van der Waals surface area contributed by atoms with E-state index in [2.05, 4.69) is 34.1 Å². The maximum absolute atomic E-state index is 5.31. The van der Waals surface area contributed by atoms with Crippen LogP contribution in [0.3, 0.4) is 0 Å². The fraction of sp³-hybridized carbons (Fsp3) is 0.700. The minimum absolute atomic E-state index is 0.621. The quantitative estimate of drug-likeness (QED) is 0.744. The minimum atomic E-state index is 0.621. The molecule has 3 heteroatoms. The van der Waals surface area contributed by atoms with Crippen LogP contribution < -0.4 is 0 Å². The Kier molecular flexibility index (Phi) is 2.72. The lowest BCUT2D eigenvalue weighted by molar-refractivity contribution is 0.355. The third-order valence-corrected chi connectivity index (χ3v) is 3.39. The average molecular weight is 244 g/mol. The van der Waals surface area contributed by atoms with Crippen molar-refractivity contribution in [1.82, 2.24) is 5.16 Å². The standard InChI is InChI=1S/C10H14BrNO/c1-7-2-3-8(4-7)10-5-9(6-11)12-13-10/h5,7-8H,2-4,6H2,1H3. The van der Waals surface area contributed by atoms with Crippen LogP contribution in [-0.4, -0.2) is 5.16 Å². The summed E-state index contributed by atoms with van der Waals surface area (Å²) in [6.07, 6.45) is 3.85. The number of hydrogen-bond acceptors (Lipinski definition) is 2. The molecule has 1 aliphatic rings. The third kappa shape index (κ3) is 1.96. The van der Waals surface area contributed by atoms with Crippen molar-refractivity contribution < 1.29 is 4.52 Å². The van der Waals surface area contributed by atoms with Gasteiger partial charge in [-0.2, -0.15) is 0 Å². The van der Waals surface area contributed by atoms with E-state index in [0.29, 0.717) is 5.92 Å². The number of aromatic nitrogens is 1. The van der Waals surface area contributed by atoms with Gasteiger partial charge in [0.05, 0.1) is 5.69 Å². The van der Waals surface area contributed by atoms with Crippen LogP contribution in [0.2, 0.25) is 0 Å². The highest BCUT2D eigenvalue weighted by atomic mass is 79.9. The molecular formula is C10H14BrNO. The highest BCUT2D eigenvalue weighted by Crippen LogP contribution is 2.38. The topological polar surface area (TPSA) is 26.0 Å². The van der Waals surface area contributed by atoms with Crippen molar-refractivity contribution in [2.24, 2.45) is 5.92 Å². The number of alkyl halides is 1. The molecule has 2 rings (SSSR count). The van der Waals surface area contributed by atoms with E-state index in [1.165, 1.54) is 19.3 Å². The summed E-state index contributed by atoms with van der Waals surface area (Å²) in [6, 6.07) is 2.08. The largest absolute Gasteiger partial charge is 0.361 e. The maximum atomic E-state index is 5.31. The second-order valence-corrected chi connectivity index (χ2v) is 4.53. The average Bonchev–Trinajstić information content (AvgIpc) is 2.71. The Bertz CT molecular complexity index is 284. The zero-order valence-corrected chi connectivity index (χ0v) is 9.38. The highest BCUT2D eigenvalue weighted by molar-refractivity contribution is 9.08. The van der Waals surface area contributed by atoms with Gasteiger partial charge in [0, 0.05) is 17.3 Å². The lowest BCUT2D eigenvalue weighted by Crippen LogP contribution is -1.90. The lowest BCUT2D eigenvalue weighted by atomic mass is 10.0. The summed E-state index contributed by atoms with van der Waals surface area (Å²) in [6.45, 7) is 2.31. The van der Waals surface area contributed by atoms with Gasteiger partial charge in [0.15, 0.2) is 0 Å². The predicted octanol–water partition coefficient (Wildman–Crippen LogP) is 3.47. The van der Waals surface area contributed by atoms with Gasteiger partial charge in [0.1, 0.15) is 5.76 Å². The monoisotopic (exact) mass is 243 g/mol. The number of halogens is 1. The molecule has 0 N–H and O–H groups in total. The van der Waals surface area contributed by atoms with Crippen LogP contribution in [0.15, 0.2) is 10.6 Å². The smallest absolute Gasteiger partial charge is 0.140 e. The molecule has 13 heavy (non-hydrogen) atoms. The summed E-state index contributed by atoms with van der Waals surface area (Å²) in [5.41, 5.74) is 1.01. The van der Waals surface area contributed by atoms with Gasteiger partial charge in [-0.3, -0.25) is 0 Å². The summed E-state index contributed by atoms with van der Waals surface area (Å²) >= 11 is 3.37. The molecule has 2 atom stereocenters. The van der Waals surface area contributed by atoms with Crippen molar-refractivity contribution in [2.45, 2.75) is 37.4 Å². The van der Waals surface area contributed by atoms with Crippen LogP contribution in [0.4, 0.5) is 0 Å². The molecule has 0 radical (unpaired) electrons. The first-order chi connectivity index (χ1) is 6.29. The van der Waals surface area contributed by atoms with E-state index < -0.39 is 0 Å². The number of rotatable bonds is 2. The normalized spacial score (nSPS) is 28.2. The highest BCUT2D eigenvalue weighted by Gasteiger charge is 2.25. The molecule has 0 spiro atoms. The second kappa shape index (κ2) is 3.82. The van der Waals surface area contributed by atoms with Crippen molar-refractivity contribution in [2.75, 3.05) is 0 Å². The van der Waals surface area contributed by atoms with E-state index in [0.717, 1.165) is 22.7 Å². The lowest BCUT2D eigenvalue weighted by Gasteiger charge is -2.02. The molecule has 0 aromatic carbocycles. The third-order valence-electron chi connectivity index (χ3n) is 2.81. The molecule has 0 saturated heterocycles. The van der Waals surface area contributed by atoms with Crippen LogP contribution in [0.1, 0.15) is 43.6 Å². The number of hydrogen-bond donors (Lipinski definition) is 0. The Hall–Kier alpha value is -0.310. The second-order valence-electron chi connectivity index (χ2n) is 3.97. The van der Waals surface area contributed by atoms with E-state index >= 15 is 0 Å². The van der Waals surface area contributed by atoms with Gasteiger partial charge in [0.2, 0.25) is 0 Å². The first kappa shape index (κ1) is 9.25. The molecule has 1 fully saturated rings. The summed E-state index contributed by atoms with van der Waals surface area (Å²) in [4.78, 5) is 0. The van der Waals surface area contributed by atoms with Gasteiger partial charge in [-0.25, -0.2) is 0 Å². The van der Waals surface area contributed by atoms with Crippen molar-refractivity contribution >= 4 is 15.9 Å². The van der Waals surface area contributed by atoms with E-state index in [4.69, 9.17) is 4.52 Å². The molecule has 1 aromatic rings. The van der Waals surface area contributed by atoms with Crippen molar-refractivity contribution in [1.29, 1.82) is 0 Å². The Labute approximate surface area is 86.8 Å². The summed E-state index contributed by atoms with van der Waals surface area (Å²) in [5, 5.41) is 4.77. The Morgan fingerprint density at radius 2 is 2.46 bits per heavy atom. The van der Waals surface area contributed by atoms with Gasteiger partial charge in [-0.05, 0) is 25.2 Å². The number of nitrogens with zero attached hydrogens (tertiary/aromatic N) is 1. The van der Waals surface area contributed by atoms with Crippen LogP contribution in [0, 0.1) is 5.92 Å². The van der Waals surface area contributed by atoms with Crippen molar-refractivity contribution in [3.63, 3.8) is 0 Å². The van der Waals surface area contributed by atoms with E-state index in [9.17, 15) is 0 Å². The maximum Gasteiger partial charge on any atom is 0.140 e. The zero-order valence-electron chi connectivity index (χ0n) is 7.79. The fourth-order valence-electron chi connectivity index (χ4n) is 2.05. The summed E-state index contributed by atoms with van der Waals surface area (Å²) in [7, 11) is 0. The Morgan fingerprint density at radius 1 is 1.62 bits per heavy atom. The molecule has 1 aromatic heterocycles. The fourth-order valence-corrected chi connectivity index (χ4v) is 2.31. The minimum Gasteiger partial charge on any atom is -0.361 e. The Morgan fingerprint density at radius 3 is 3.00 bits per heavy atom. The first-order valence-electron chi connectivity index (χ1n) is 4.81. The molecule has 2 unspecified atom stereocenters. The molecule has 1 aliphatic carbocycles. The summed E-state index contributed by atoms with van der Waals surface area (Å²) in [5.74, 6) is 2.55. The molecule has 0 amide bonds. The van der Waals surface area contributed by atoms with E-state index in [-0.39, 0.29) is 0 Å². The van der Waals surface area contributed by atoms with Crippen molar-refractivity contribution in [3.05, 3.63) is 17.5 Å². The molecule has 0 bridgehead atoms. The first-order valence-corrected chi connectivity index (χ1v) is 5.93. The molecule has 2 nitrogen and oxygen atoms in total. The molecular weight excluding hydrogens is 230 g/mol. The van der Waals surface area contributed by atoms with Crippen molar-refractivity contribution in [3.8, 4) is 0 Å². The van der Waals surface area contributed by atoms with Gasteiger partial charge in [-0.15, -0.1) is 0 Å². The predicted molar refractivity (Wildman–Crippen MR) is 54.9 cm³/mol. The molecule has 72 valence electrons. The molecule has 0 aliphatic heterocycles. The van der Waals surface area contributed by atoms with E-state index in [1.54, 1.807) is 0 Å². The van der Waals surface area contributed by atoms with Gasteiger partial charge in [0.25, 0.3) is 0 Å². The van der Waals surface area contributed by atoms with Crippen LogP contribution >= 0.6 is 15.9 Å². The van der Waals surface area contributed by atoms with E-state index in [1.807, 2.05) is 0 Å². The SMILES string of the molecule is CC1CCC(c2cc(CBr)no2)C1. The van der Waals surface area contributed by atoms with Gasteiger partial charge >= 0.3 is 0 Å². The van der Waals surface area contributed by atoms with Crippen LogP contribution in [0.25, 0.3) is 0 Å².